The van der Waals surface area contributed by atoms with Gasteiger partial charge in [-0.15, -0.1) is 0 Å². The lowest BCUT2D eigenvalue weighted by atomic mass is 10.1. The van der Waals surface area contributed by atoms with Crippen molar-refractivity contribution in [1.29, 1.82) is 0 Å². The molecule has 0 aliphatic carbocycles. The van der Waals surface area contributed by atoms with Crippen LogP contribution in [0.25, 0.3) is 0 Å². The summed E-state index contributed by atoms with van der Waals surface area (Å²) in [5.41, 5.74) is 0.00949. The summed E-state index contributed by atoms with van der Waals surface area (Å²) >= 11 is 0. The highest BCUT2D eigenvalue weighted by Crippen LogP contribution is 2.22. The molecular weight excluding hydrogens is 150 g/mol. The maximum atomic E-state index is 5.90. The fourth-order valence-corrected chi connectivity index (χ4v) is 1.72. The van der Waals surface area contributed by atoms with E-state index in [4.69, 9.17) is 4.74 Å². The molecule has 0 aromatic carbocycles. The van der Waals surface area contributed by atoms with Crippen LogP contribution in [-0.2, 0) is 4.74 Å². The van der Waals surface area contributed by atoms with E-state index in [1.165, 1.54) is 6.42 Å². The quantitative estimate of drug-likeness (QED) is 0.597. The Hall–Kier alpha value is -0.0800. The molecule has 72 valence electrons. The second-order valence-electron chi connectivity index (χ2n) is 4.88. The molecule has 0 aromatic rings. The van der Waals surface area contributed by atoms with Crippen molar-refractivity contribution in [2.45, 2.75) is 51.9 Å². The minimum atomic E-state index is 0.00949. The fraction of sp³-hybridized carbons (Fsp3) is 1.00. The molecule has 1 aliphatic heterocycles. The summed E-state index contributed by atoms with van der Waals surface area (Å²) in [6, 6.07) is 0.678. The first kappa shape index (κ1) is 10.0. The highest BCUT2D eigenvalue weighted by Gasteiger charge is 2.29. The van der Waals surface area contributed by atoms with Gasteiger partial charge >= 0.3 is 0 Å². The Bertz CT molecular complexity index is 140. The van der Waals surface area contributed by atoms with Crippen molar-refractivity contribution in [1.82, 2.24) is 4.90 Å². The van der Waals surface area contributed by atoms with Crippen molar-refractivity contribution < 1.29 is 4.74 Å². The Morgan fingerprint density at radius 2 is 1.92 bits per heavy atom. The average Bonchev–Trinajstić information content (AvgIpc) is 2.07. The van der Waals surface area contributed by atoms with Gasteiger partial charge in [-0.3, -0.25) is 0 Å². The normalized spacial score (nSPS) is 32.8. The van der Waals surface area contributed by atoms with Crippen molar-refractivity contribution in [3.63, 3.8) is 0 Å². The molecule has 2 nitrogen and oxygen atoms in total. The van der Waals surface area contributed by atoms with E-state index in [1.807, 2.05) is 0 Å². The van der Waals surface area contributed by atoms with Crippen LogP contribution in [0.1, 0.15) is 34.1 Å². The number of nitrogens with zero attached hydrogens (tertiary/aromatic N) is 1. The third kappa shape index (κ3) is 2.76. The zero-order valence-corrected chi connectivity index (χ0v) is 8.92. The Labute approximate surface area is 75.9 Å². The molecule has 1 heterocycles. The first-order valence-corrected chi connectivity index (χ1v) is 4.76. The Kier molecular flexibility index (Phi) is 2.79. The number of ether oxygens (including phenoxy) is 1. The van der Waals surface area contributed by atoms with E-state index < -0.39 is 0 Å². The van der Waals surface area contributed by atoms with Crippen molar-refractivity contribution in [2.24, 2.45) is 0 Å². The lowest BCUT2D eigenvalue weighted by Gasteiger charge is -2.24. The summed E-state index contributed by atoms with van der Waals surface area (Å²) in [5, 5.41) is 0. The van der Waals surface area contributed by atoms with Crippen LogP contribution in [0, 0.1) is 0 Å². The van der Waals surface area contributed by atoms with Crippen LogP contribution in [0.5, 0.6) is 0 Å². The standard InChI is InChI=1S/C10H21NO/c1-8-6-9(7-11(8)5)12-10(2,3)4/h8-9H,6-7H2,1-5H3. The van der Waals surface area contributed by atoms with Crippen LogP contribution in [0.2, 0.25) is 0 Å². The van der Waals surface area contributed by atoms with Gasteiger partial charge in [0, 0.05) is 12.6 Å². The molecule has 1 fully saturated rings. The van der Waals surface area contributed by atoms with E-state index in [-0.39, 0.29) is 5.60 Å². The smallest absolute Gasteiger partial charge is 0.0723 e. The molecule has 0 bridgehead atoms. The van der Waals surface area contributed by atoms with Gasteiger partial charge in [0.1, 0.15) is 0 Å². The molecule has 1 rings (SSSR count). The van der Waals surface area contributed by atoms with Crippen LogP contribution in [0.4, 0.5) is 0 Å². The summed E-state index contributed by atoms with van der Waals surface area (Å²) in [4.78, 5) is 2.36. The van der Waals surface area contributed by atoms with E-state index in [0.717, 1.165) is 6.54 Å². The van der Waals surface area contributed by atoms with Gasteiger partial charge in [-0.25, -0.2) is 0 Å². The maximum Gasteiger partial charge on any atom is 0.0723 e. The predicted octanol–water partition coefficient (Wildman–Crippen LogP) is 1.89. The molecule has 12 heavy (non-hydrogen) atoms. The molecule has 0 aromatic heterocycles. The van der Waals surface area contributed by atoms with Crippen molar-refractivity contribution >= 4 is 0 Å². The number of hydrogen-bond donors (Lipinski definition) is 0. The van der Waals surface area contributed by atoms with Crippen LogP contribution in [0.3, 0.4) is 0 Å². The van der Waals surface area contributed by atoms with Gasteiger partial charge in [-0.05, 0) is 41.2 Å². The van der Waals surface area contributed by atoms with Crippen molar-refractivity contribution in [2.75, 3.05) is 13.6 Å². The molecule has 0 amide bonds. The summed E-state index contributed by atoms with van der Waals surface area (Å²) < 4.78 is 5.90. The van der Waals surface area contributed by atoms with E-state index in [9.17, 15) is 0 Å². The highest BCUT2D eigenvalue weighted by molar-refractivity contribution is 4.82. The number of rotatable bonds is 1. The first-order chi connectivity index (χ1) is 5.38. The molecule has 2 unspecified atom stereocenters. The molecule has 0 N–H and O–H groups in total. The molecule has 0 spiro atoms. The zero-order valence-electron chi connectivity index (χ0n) is 8.92. The Balaban J connectivity index is 2.38. The molecule has 1 aliphatic rings. The third-order valence-electron chi connectivity index (χ3n) is 2.37. The van der Waals surface area contributed by atoms with Crippen LogP contribution < -0.4 is 0 Å². The van der Waals surface area contributed by atoms with Crippen molar-refractivity contribution in [3.8, 4) is 0 Å². The highest BCUT2D eigenvalue weighted by atomic mass is 16.5. The van der Waals surface area contributed by atoms with Gasteiger partial charge in [0.2, 0.25) is 0 Å². The van der Waals surface area contributed by atoms with Gasteiger partial charge in [0.05, 0.1) is 11.7 Å². The van der Waals surface area contributed by atoms with Gasteiger partial charge in [-0.2, -0.15) is 0 Å². The van der Waals surface area contributed by atoms with Gasteiger partial charge in [-0.1, -0.05) is 0 Å². The predicted molar refractivity (Wildman–Crippen MR) is 51.3 cm³/mol. The summed E-state index contributed by atoms with van der Waals surface area (Å²) in [7, 11) is 2.16. The van der Waals surface area contributed by atoms with Gasteiger partial charge in [0.15, 0.2) is 0 Å². The molecule has 2 heteroatoms. The van der Waals surface area contributed by atoms with Crippen LogP contribution >= 0.6 is 0 Å². The minimum Gasteiger partial charge on any atom is -0.371 e. The Morgan fingerprint density at radius 1 is 1.33 bits per heavy atom. The lowest BCUT2D eigenvalue weighted by molar-refractivity contribution is -0.0534. The lowest BCUT2D eigenvalue weighted by Crippen LogP contribution is -2.29. The SMILES string of the molecule is CC1CC(OC(C)(C)C)CN1C. The average molecular weight is 171 g/mol. The van der Waals surface area contributed by atoms with Gasteiger partial charge in [0.25, 0.3) is 0 Å². The second kappa shape index (κ2) is 3.35. The maximum absolute atomic E-state index is 5.90. The number of likely N-dealkylation sites (N-methyl/N-ethyl adjacent to an activating group) is 1. The topological polar surface area (TPSA) is 12.5 Å². The van der Waals surface area contributed by atoms with E-state index in [2.05, 4.69) is 39.6 Å². The molecule has 0 radical (unpaired) electrons. The third-order valence-corrected chi connectivity index (χ3v) is 2.37. The van der Waals surface area contributed by atoms with Crippen LogP contribution in [-0.4, -0.2) is 36.2 Å². The van der Waals surface area contributed by atoms with Crippen LogP contribution in [0.15, 0.2) is 0 Å². The fourth-order valence-electron chi connectivity index (χ4n) is 1.72. The van der Waals surface area contributed by atoms with E-state index >= 15 is 0 Å². The van der Waals surface area contributed by atoms with E-state index in [0.29, 0.717) is 12.1 Å². The number of hydrogen-bond acceptors (Lipinski definition) is 2. The monoisotopic (exact) mass is 171 g/mol. The Morgan fingerprint density at radius 3 is 2.25 bits per heavy atom. The minimum absolute atomic E-state index is 0.00949. The summed E-state index contributed by atoms with van der Waals surface area (Å²) in [6.45, 7) is 9.70. The largest absolute Gasteiger partial charge is 0.371 e. The zero-order chi connectivity index (χ0) is 9.35. The first-order valence-electron chi connectivity index (χ1n) is 4.76. The second-order valence-corrected chi connectivity index (χ2v) is 4.88. The molecule has 1 saturated heterocycles. The molecular formula is C10H21NO. The molecule has 0 saturated carbocycles. The van der Waals surface area contributed by atoms with Gasteiger partial charge < -0.3 is 9.64 Å². The summed E-state index contributed by atoms with van der Waals surface area (Å²) in [5.74, 6) is 0. The number of likely N-dealkylation sites (tertiary alicyclic amines) is 1. The molecule has 2 atom stereocenters. The summed E-state index contributed by atoms with van der Waals surface area (Å²) in [6.07, 6.45) is 1.61. The van der Waals surface area contributed by atoms with E-state index in [1.54, 1.807) is 0 Å². The van der Waals surface area contributed by atoms with Crippen molar-refractivity contribution in [3.05, 3.63) is 0 Å².